The molecule has 0 bridgehead atoms. The zero-order chi connectivity index (χ0) is 12.2. The van der Waals surface area contributed by atoms with E-state index in [2.05, 4.69) is 5.32 Å². The quantitative estimate of drug-likeness (QED) is 0.837. The Kier molecular flexibility index (Phi) is 4.55. The van der Waals surface area contributed by atoms with Crippen molar-refractivity contribution in [2.75, 3.05) is 26.3 Å². The number of morpholine rings is 1. The molecule has 0 amide bonds. The molecule has 0 aromatic rings. The lowest BCUT2D eigenvalue weighted by Crippen LogP contribution is -2.49. The summed E-state index contributed by atoms with van der Waals surface area (Å²) >= 11 is 0. The Morgan fingerprint density at radius 2 is 1.89 bits per heavy atom. The standard InChI is InChI=1S/C15H27NO2/c1-2-5-12(4-1)8-14-9-16-10-15(18-14)13-6-3-7-17-11-13/h12-16H,1-11H2. The molecule has 2 saturated heterocycles. The van der Waals surface area contributed by atoms with E-state index in [4.69, 9.17) is 9.47 Å². The van der Waals surface area contributed by atoms with Gasteiger partial charge in [0.2, 0.25) is 0 Å². The van der Waals surface area contributed by atoms with Crippen LogP contribution in [0.4, 0.5) is 0 Å². The highest BCUT2D eigenvalue weighted by Crippen LogP contribution is 2.31. The van der Waals surface area contributed by atoms with Gasteiger partial charge in [0.05, 0.1) is 18.8 Å². The Bertz CT molecular complexity index is 247. The Morgan fingerprint density at radius 1 is 1.00 bits per heavy atom. The summed E-state index contributed by atoms with van der Waals surface area (Å²) in [5.41, 5.74) is 0. The maximum absolute atomic E-state index is 6.35. The van der Waals surface area contributed by atoms with Crippen molar-refractivity contribution < 1.29 is 9.47 Å². The fourth-order valence-corrected chi connectivity index (χ4v) is 3.82. The van der Waals surface area contributed by atoms with E-state index in [9.17, 15) is 0 Å². The smallest absolute Gasteiger partial charge is 0.0753 e. The molecule has 3 atom stereocenters. The van der Waals surface area contributed by atoms with Crippen LogP contribution in [0.1, 0.15) is 44.9 Å². The number of hydrogen-bond acceptors (Lipinski definition) is 3. The van der Waals surface area contributed by atoms with Gasteiger partial charge < -0.3 is 14.8 Å². The molecule has 2 aliphatic heterocycles. The van der Waals surface area contributed by atoms with Crippen LogP contribution in [-0.4, -0.2) is 38.5 Å². The molecule has 1 N–H and O–H groups in total. The third-order valence-electron chi connectivity index (χ3n) is 4.88. The summed E-state index contributed by atoms with van der Waals surface area (Å²) in [7, 11) is 0. The van der Waals surface area contributed by atoms with Crippen molar-refractivity contribution in [1.29, 1.82) is 0 Å². The average molecular weight is 253 g/mol. The SMILES string of the molecule is C1CCC(CC2CNCC(C3CCCOC3)O2)C1. The predicted octanol–water partition coefficient (Wildman–Crippen LogP) is 2.35. The molecule has 1 aliphatic carbocycles. The molecule has 3 heteroatoms. The van der Waals surface area contributed by atoms with E-state index >= 15 is 0 Å². The molecule has 0 spiro atoms. The zero-order valence-corrected chi connectivity index (χ0v) is 11.4. The van der Waals surface area contributed by atoms with Crippen molar-refractivity contribution in [3.8, 4) is 0 Å². The first-order valence-electron chi connectivity index (χ1n) is 7.86. The molecule has 0 aromatic carbocycles. The first-order valence-corrected chi connectivity index (χ1v) is 7.86. The van der Waals surface area contributed by atoms with Crippen molar-refractivity contribution in [2.45, 2.75) is 57.2 Å². The van der Waals surface area contributed by atoms with Crippen LogP contribution in [0.15, 0.2) is 0 Å². The zero-order valence-electron chi connectivity index (χ0n) is 11.4. The van der Waals surface area contributed by atoms with Crippen LogP contribution in [-0.2, 0) is 9.47 Å². The second-order valence-corrected chi connectivity index (χ2v) is 6.32. The molecule has 3 unspecified atom stereocenters. The van der Waals surface area contributed by atoms with Crippen LogP contribution in [0.3, 0.4) is 0 Å². The highest BCUT2D eigenvalue weighted by molar-refractivity contribution is 4.83. The minimum Gasteiger partial charge on any atom is -0.381 e. The Balaban J connectivity index is 1.47. The maximum Gasteiger partial charge on any atom is 0.0753 e. The highest BCUT2D eigenvalue weighted by Gasteiger charge is 2.31. The lowest BCUT2D eigenvalue weighted by Gasteiger charge is -2.38. The van der Waals surface area contributed by atoms with Crippen molar-refractivity contribution in [2.24, 2.45) is 11.8 Å². The largest absolute Gasteiger partial charge is 0.381 e. The molecule has 104 valence electrons. The molecule has 3 aliphatic rings. The number of ether oxygens (including phenoxy) is 2. The van der Waals surface area contributed by atoms with E-state index < -0.39 is 0 Å². The van der Waals surface area contributed by atoms with E-state index in [0.29, 0.717) is 18.1 Å². The molecule has 0 radical (unpaired) electrons. The van der Waals surface area contributed by atoms with Crippen LogP contribution in [0, 0.1) is 11.8 Å². The Morgan fingerprint density at radius 3 is 2.67 bits per heavy atom. The van der Waals surface area contributed by atoms with Gasteiger partial charge in [-0.05, 0) is 25.2 Å². The summed E-state index contributed by atoms with van der Waals surface area (Å²) in [6.07, 6.45) is 10.3. The lowest BCUT2D eigenvalue weighted by atomic mass is 9.93. The van der Waals surface area contributed by atoms with Gasteiger partial charge in [-0.2, -0.15) is 0 Å². The van der Waals surface area contributed by atoms with Crippen molar-refractivity contribution in [3.05, 3.63) is 0 Å². The molecule has 1 saturated carbocycles. The minimum atomic E-state index is 0.394. The normalized spacial score (nSPS) is 39.0. The minimum absolute atomic E-state index is 0.394. The van der Waals surface area contributed by atoms with Gasteiger partial charge >= 0.3 is 0 Å². The van der Waals surface area contributed by atoms with E-state index in [1.807, 2.05) is 0 Å². The third-order valence-corrected chi connectivity index (χ3v) is 4.88. The Labute approximate surface area is 111 Å². The topological polar surface area (TPSA) is 30.5 Å². The number of nitrogens with one attached hydrogen (secondary N) is 1. The molecule has 2 heterocycles. The summed E-state index contributed by atoms with van der Waals surface area (Å²) < 4.78 is 11.9. The fraction of sp³-hybridized carbons (Fsp3) is 1.00. The first-order chi connectivity index (χ1) is 8.92. The molecule has 3 nitrogen and oxygen atoms in total. The van der Waals surface area contributed by atoms with Crippen molar-refractivity contribution >= 4 is 0 Å². The van der Waals surface area contributed by atoms with Crippen LogP contribution >= 0.6 is 0 Å². The molecule has 3 fully saturated rings. The molecular formula is C15H27NO2. The van der Waals surface area contributed by atoms with Gasteiger partial charge in [-0.3, -0.25) is 0 Å². The van der Waals surface area contributed by atoms with Gasteiger partial charge in [0.25, 0.3) is 0 Å². The van der Waals surface area contributed by atoms with Gasteiger partial charge in [-0.1, -0.05) is 25.7 Å². The van der Waals surface area contributed by atoms with Gasteiger partial charge in [0.15, 0.2) is 0 Å². The predicted molar refractivity (Wildman–Crippen MR) is 71.6 cm³/mol. The van der Waals surface area contributed by atoms with Crippen molar-refractivity contribution in [3.63, 3.8) is 0 Å². The average Bonchev–Trinajstić information content (AvgIpc) is 2.93. The van der Waals surface area contributed by atoms with E-state index in [1.165, 1.54) is 44.9 Å². The van der Waals surface area contributed by atoms with Gasteiger partial charge in [0.1, 0.15) is 0 Å². The van der Waals surface area contributed by atoms with E-state index in [-0.39, 0.29) is 0 Å². The van der Waals surface area contributed by atoms with Crippen LogP contribution in [0.2, 0.25) is 0 Å². The fourth-order valence-electron chi connectivity index (χ4n) is 3.82. The Hall–Kier alpha value is -0.120. The summed E-state index contributed by atoms with van der Waals surface area (Å²) in [5.74, 6) is 1.55. The van der Waals surface area contributed by atoms with Gasteiger partial charge in [-0.25, -0.2) is 0 Å². The highest BCUT2D eigenvalue weighted by atomic mass is 16.5. The van der Waals surface area contributed by atoms with Crippen LogP contribution < -0.4 is 5.32 Å². The molecular weight excluding hydrogens is 226 g/mol. The van der Waals surface area contributed by atoms with Crippen LogP contribution in [0.5, 0.6) is 0 Å². The van der Waals surface area contributed by atoms with Gasteiger partial charge in [0, 0.05) is 25.6 Å². The second-order valence-electron chi connectivity index (χ2n) is 6.32. The maximum atomic E-state index is 6.35. The monoisotopic (exact) mass is 253 g/mol. The first kappa shape index (κ1) is 12.9. The molecule has 18 heavy (non-hydrogen) atoms. The summed E-state index contributed by atoms with van der Waals surface area (Å²) in [4.78, 5) is 0. The van der Waals surface area contributed by atoms with E-state index in [0.717, 1.165) is 32.2 Å². The van der Waals surface area contributed by atoms with Crippen molar-refractivity contribution in [1.82, 2.24) is 5.32 Å². The summed E-state index contributed by atoms with van der Waals surface area (Å²) in [5, 5.41) is 3.58. The van der Waals surface area contributed by atoms with Gasteiger partial charge in [-0.15, -0.1) is 0 Å². The second kappa shape index (κ2) is 6.36. The molecule has 0 aromatic heterocycles. The van der Waals surface area contributed by atoms with E-state index in [1.54, 1.807) is 0 Å². The summed E-state index contributed by atoms with van der Waals surface area (Å²) in [6, 6.07) is 0. The number of hydrogen-bond donors (Lipinski definition) is 1. The summed E-state index contributed by atoms with van der Waals surface area (Å²) in [6.45, 7) is 3.93. The number of rotatable bonds is 3. The molecule has 3 rings (SSSR count). The third kappa shape index (κ3) is 3.25. The van der Waals surface area contributed by atoms with Crippen LogP contribution in [0.25, 0.3) is 0 Å². The lowest BCUT2D eigenvalue weighted by molar-refractivity contribution is -0.101.